The summed E-state index contributed by atoms with van der Waals surface area (Å²) in [5, 5.41) is 15.4. The molecule has 1 amide bonds. The number of aryl methyl sites for hydroxylation is 1. The Labute approximate surface area is 94.1 Å². The Morgan fingerprint density at radius 2 is 2.31 bits per heavy atom. The lowest BCUT2D eigenvalue weighted by Crippen LogP contribution is -2.38. The largest absolute Gasteiger partial charge is 0.338 e. The number of carbonyl (C=O) groups is 1. The van der Waals surface area contributed by atoms with Crippen LogP contribution >= 0.6 is 0 Å². The number of piperidine rings is 1. The summed E-state index contributed by atoms with van der Waals surface area (Å²) in [6.45, 7) is 3.17. The molecule has 0 spiro atoms. The van der Waals surface area contributed by atoms with Gasteiger partial charge in [0.1, 0.15) is 0 Å². The Bertz CT molecular complexity index is 423. The Morgan fingerprint density at radius 1 is 1.62 bits per heavy atom. The van der Waals surface area contributed by atoms with Gasteiger partial charge in [0, 0.05) is 24.7 Å². The maximum Gasteiger partial charge on any atom is 0.257 e. The number of H-pyrrole nitrogens is 1. The van der Waals surface area contributed by atoms with Gasteiger partial charge in [-0.3, -0.25) is 9.89 Å². The number of aromatic amines is 1. The van der Waals surface area contributed by atoms with Crippen LogP contribution in [0.3, 0.4) is 0 Å². The molecule has 0 atom stereocenters. The SMILES string of the molecule is Cc1[nH]ncc1C(=O)N1CCC(C#N)CC1. The number of nitriles is 1. The van der Waals surface area contributed by atoms with Crippen molar-refractivity contribution in [3.05, 3.63) is 17.5 Å². The predicted molar refractivity (Wildman–Crippen MR) is 57.6 cm³/mol. The summed E-state index contributed by atoms with van der Waals surface area (Å²) in [6, 6.07) is 2.25. The maximum atomic E-state index is 12.1. The Morgan fingerprint density at radius 3 is 2.81 bits per heavy atom. The monoisotopic (exact) mass is 218 g/mol. The van der Waals surface area contributed by atoms with E-state index in [0.29, 0.717) is 18.7 Å². The van der Waals surface area contributed by atoms with Crippen molar-refractivity contribution in [3.63, 3.8) is 0 Å². The van der Waals surface area contributed by atoms with Gasteiger partial charge in [0.25, 0.3) is 5.91 Å². The fourth-order valence-corrected chi connectivity index (χ4v) is 1.95. The molecule has 2 heterocycles. The van der Waals surface area contributed by atoms with Gasteiger partial charge in [-0.2, -0.15) is 10.4 Å². The molecule has 1 saturated heterocycles. The topological polar surface area (TPSA) is 72.8 Å². The van der Waals surface area contributed by atoms with Crippen LogP contribution in [-0.2, 0) is 0 Å². The molecule has 0 bridgehead atoms. The molecular weight excluding hydrogens is 204 g/mol. The van der Waals surface area contributed by atoms with Crippen molar-refractivity contribution in [1.29, 1.82) is 5.26 Å². The smallest absolute Gasteiger partial charge is 0.257 e. The first-order valence-corrected chi connectivity index (χ1v) is 5.41. The van der Waals surface area contributed by atoms with Crippen LogP contribution in [0.25, 0.3) is 0 Å². The zero-order chi connectivity index (χ0) is 11.5. The van der Waals surface area contributed by atoms with Crippen LogP contribution in [0, 0.1) is 24.2 Å². The molecule has 1 aromatic heterocycles. The van der Waals surface area contributed by atoms with E-state index in [1.807, 2.05) is 6.92 Å². The summed E-state index contributed by atoms with van der Waals surface area (Å²) in [7, 11) is 0. The van der Waals surface area contributed by atoms with E-state index < -0.39 is 0 Å². The highest BCUT2D eigenvalue weighted by molar-refractivity contribution is 5.95. The van der Waals surface area contributed by atoms with Crippen molar-refractivity contribution in [2.24, 2.45) is 5.92 Å². The van der Waals surface area contributed by atoms with Crippen LogP contribution in [0.1, 0.15) is 28.9 Å². The second-order valence-electron chi connectivity index (χ2n) is 4.10. The minimum Gasteiger partial charge on any atom is -0.338 e. The predicted octanol–water partition coefficient (Wildman–Crippen LogP) is 1.09. The van der Waals surface area contributed by atoms with Gasteiger partial charge in [-0.15, -0.1) is 0 Å². The fourth-order valence-electron chi connectivity index (χ4n) is 1.95. The van der Waals surface area contributed by atoms with Crippen molar-refractivity contribution in [2.45, 2.75) is 19.8 Å². The van der Waals surface area contributed by atoms with Gasteiger partial charge in [0.2, 0.25) is 0 Å². The molecule has 5 nitrogen and oxygen atoms in total. The molecule has 2 rings (SSSR count). The van der Waals surface area contributed by atoms with E-state index in [-0.39, 0.29) is 11.8 Å². The summed E-state index contributed by atoms with van der Waals surface area (Å²) in [5.41, 5.74) is 1.43. The van der Waals surface area contributed by atoms with Gasteiger partial charge in [0.15, 0.2) is 0 Å². The molecule has 1 aromatic rings. The zero-order valence-electron chi connectivity index (χ0n) is 9.23. The van der Waals surface area contributed by atoms with Crippen molar-refractivity contribution >= 4 is 5.91 Å². The van der Waals surface area contributed by atoms with Gasteiger partial charge in [0.05, 0.1) is 17.8 Å². The number of carbonyl (C=O) groups excluding carboxylic acids is 1. The third kappa shape index (κ3) is 1.91. The summed E-state index contributed by atoms with van der Waals surface area (Å²) >= 11 is 0. The van der Waals surface area contributed by atoms with Gasteiger partial charge < -0.3 is 4.90 Å². The van der Waals surface area contributed by atoms with Gasteiger partial charge in [-0.1, -0.05) is 0 Å². The van der Waals surface area contributed by atoms with E-state index in [0.717, 1.165) is 18.5 Å². The summed E-state index contributed by atoms with van der Waals surface area (Å²) in [5.74, 6) is 0.122. The molecule has 0 unspecified atom stereocenters. The number of amides is 1. The average molecular weight is 218 g/mol. The van der Waals surface area contributed by atoms with Crippen molar-refractivity contribution in [2.75, 3.05) is 13.1 Å². The number of rotatable bonds is 1. The first kappa shape index (κ1) is 10.7. The Kier molecular flexibility index (Phi) is 2.91. The van der Waals surface area contributed by atoms with E-state index in [1.54, 1.807) is 11.1 Å². The lowest BCUT2D eigenvalue weighted by Gasteiger charge is -2.28. The highest BCUT2D eigenvalue weighted by atomic mass is 16.2. The highest BCUT2D eigenvalue weighted by Crippen LogP contribution is 2.18. The molecule has 0 radical (unpaired) electrons. The van der Waals surface area contributed by atoms with Gasteiger partial charge in [-0.25, -0.2) is 0 Å². The highest BCUT2D eigenvalue weighted by Gasteiger charge is 2.24. The molecule has 0 aliphatic carbocycles. The number of nitrogens with zero attached hydrogens (tertiary/aromatic N) is 3. The van der Waals surface area contributed by atoms with Crippen LogP contribution in [-0.4, -0.2) is 34.1 Å². The number of nitrogens with one attached hydrogen (secondary N) is 1. The summed E-state index contributed by atoms with van der Waals surface area (Å²) < 4.78 is 0. The maximum absolute atomic E-state index is 12.1. The molecule has 0 aromatic carbocycles. The van der Waals surface area contributed by atoms with Crippen LogP contribution in [0.15, 0.2) is 6.20 Å². The third-order valence-electron chi connectivity index (χ3n) is 3.03. The van der Waals surface area contributed by atoms with Gasteiger partial charge >= 0.3 is 0 Å². The lowest BCUT2D eigenvalue weighted by atomic mass is 9.98. The van der Waals surface area contributed by atoms with Crippen LogP contribution < -0.4 is 0 Å². The second kappa shape index (κ2) is 4.35. The molecule has 1 N–H and O–H groups in total. The Balaban J connectivity index is 2.03. The number of hydrogen-bond acceptors (Lipinski definition) is 3. The minimum atomic E-state index is 0.0163. The van der Waals surface area contributed by atoms with Crippen molar-refractivity contribution in [1.82, 2.24) is 15.1 Å². The quantitative estimate of drug-likeness (QED) is 0.767. The van der Waals surface area contributed by atoms with Crippen molar-refractivity contribution in [3.8, 4) is 6.07 Å². The summed E-state index contributed by atoms with van der Waals surface area (Å²) in [6.07, 6.45) is 3.12. The molecule has 16 heavy (non-hydrogen) atoms. The van der Waals surface area contributed by atoms with E-state index in [2.05, 4.69) is 16.3 Å². The normalized spacial score (nSPS) is 17.1. The van der Waals surface area contributed by atoms with E-state index in [4.69, 9.17) is 5.26 Å². The van der Waals surface area contributed by atoms with Crippen LogP contribution in [0.4, 0.5) is 0 Å². The van der Waals surface area contributed by atoms with Gasteiger partial charge in [-0.05, 0) is 19.8 Å². The average Bonchev–Trinajstić information content (AvgIpc) is 2.75. The molecule has 1 aliphatic heterocycles. The molecular formula is C11H14N4O. The third-order valence-corrected chi connectivity index (χ3v) is 3.03. The summed E-state index contributed by atoms with van der Waals surface area (Å²) in [4.78, 5) is 13.9. The number of hydrogen-bond donors (Lipinski definition) is 1. The first-order valence-electron chi connectivity index (χ1n) is 5.41. The van der Waals surface area contributed by atoms with Crippen LogP contribution in [0.2, 0.25) is 0 Å². The zero-order valence-corrected chi connectivity index (χ0v) is 9.23. The van der Waals surface area contributed by atoms with E-state index in [9.17, 15) is 4.79 Å². The number of likely N-dealkylation sites (tertiary alicyclic amines) is 1. The van der Waals surface area contributed by atoms with Crippen molar-refractivity contribution < 1.29 is 4.79 Å². The number of aromatic nitrogens is 2. The van der Waals surface area contributed by atoms with E-state index in [1.165, 1.54) is 0 Å². The molecule has 1 fully saturated rings. The molecule has 0 saturated carbocycles. The standard InChI is InChI=1S/C11H14N4O/c1-8-10(7-13-14-8)11(16)15-4-2-9(6-12)3-5-15/h7,9H,2-5H2,1H3,(H,13,14). The Hall–Kier alpha value is -1.83. The van der Waals surface area contributed by atoms with Crippen LogP contribution in [0.5, 0.6) is 0 Å². The lowest BCUT2D eigenvalue weighted by molar-refractivity contribution is 0.0706. The second-order valence-corrected chi connectivity index (χ2v) is 4.10. The molecule has 84 valence electrons. The molecule has 1 aliphatic rings. The molecule has 5 heteroatoms. The van der Waals surface area contributed by atoms with E-state index >= 15 is 0 Å². The minimum absolute atomic E-state index is 0.0163. The fraction of sp³-hybridized carbons (Fsp3) is 0.545. The first-order chi connectivity index (χ1) is 7.72.